The maximum absolute atomic E-state index is 13.7. The Kier molecular flexibility index (Phi) is 3.45. The van der Waals surface area contributed by atoms with Gasteiger partial charge in [0.15, 0.2) is 5.82 Å². The maximum atomic E-state index is 13.7. The van der Waals surface area contributed by atoms with Crippen molar-refractivity contribution in [1.29, 1.82) is 0 Å². The van der Waals surface area contributed by atoms with Crippen LogP contribution >= 0.6 is 0 Å². The van der Waals surface area contributed by atoms with Crippen LogP contribution in [0, 0.1) is 11.6 Å². The van der Waals surface area contributed by atoms with Gasteiger partial charge in [-0.3, -0.25) is 0 Å². The molecule has 0 spiro atoms. The zero-order valence-corrected chi connectivity index (χ0v) is 11.8. The number of hydrogen-bond donors (Lipinski definition) is 0. The molecule has 0 atom stereocenters. The molecule has 112 valence electrons. The molecule has 0 aliphatic carbocycles. The van der Waals surface area contributed by atoms with Crippen molar-refractivity contribution < 1.29 is 17.2 Å². The van der Waals surface area contributed by atoms with Gasteiger partial charge in [0.1, 0.15) is 18.0 Å². The molecule has 0 unspecified atom stereocenters. The molecule has 0 radical (unpaired) electrons. The Morgan fingerprint density at radius 1 is 0.955 bits per heavy atom. The van der Waals surface area contributed by atoms with Crippen LogP contribution in [0.4, 0.5) is 8.78 Å². The predicted octanol–water partition coefficient (Wildman–Crippen LogP) is 2.46. The average molecular weight is 321 g/mol. The van der Waals surface area contributed by atoms with Gasteiger partial charge in [0.05, 0.1) is 10.5 Å². The van der Waals surface area contributed by atoms with Gasteiger partial charge in [0.25, 0.3) is 10.0 Å². The molecular weight excluding hydrogens is 312 g/mol. The molecule has 0 saturated heterocycles. The van der Waals surface area contributed by atoms with Gasteiger partial charge < -0.3 is 0 Å². The normalized spacial score (nSPS) is 11.5. The molecule has 3 rings (SSSR count). The van der Waals surface area contributed by atoms with Crippen LogP contribution in [0.2, 0.25) is 0 Å². The lowest BCUT2D eigenvalue weighted by atomic mass is 10.2. The first-order valence-corrected chi connectivity index (χ1v) is 7.60. The van der Waals surface area contributed by atoms with Crippen molar-refractivity contribution in [1.82, 2.24) is 14.2 Å². The van der Waals surface area contributed by atoms with Gasteiger partial charge in [-0.2, -0.15) is 8.42 Å². The Morgan fingerprint density at radius 3 is 2.32 bits per heavy atom. The molecule has 22 heavy (non-hydrogen) atoms. The smallest absolute Gasteiger partial charge is 0.214 e. The van der Waals surface area contributed by atoms with Crippen LogP contribution in [0.1, 0.15) is 0 Å². The summed E-state index contributed by atoms with van der Waals surface area (Å²) in [5, 5.41) is 3.80. The van der Waals surface area contributed by atoms with Gasteiger partial charge in [0.2, 0.25) is 0 Å². The number of halogens is 2. The number of aromatic nitrogens is 3. The van der Waals surface area contributed by atoms with E-state index in [1.165, 1.54) is 18.2 Å². The van der Waals surface area contributed by atoms with Crippen LogP contribution in [-0.4, -0.2) is 22.6 Å². The lowest BCUT2D eigenvalue weighted by Crippen LogP contribution is -2.13. The highest BCUT2D eigenvalue weighted by Gasteiger charge is 2.20. The van der Waals surface area contributed by atoms with Crippen molar-refractivity contribution in [3.8, 4) is 11.4 Å². The van der Waals surface area contributed by atoms with E-state index in [1.54, 1.807) is 6.07 Å². The van der Waals surface area contributed by atoms with Gasteiger partial charge in [-0.25, -0.2) is 13.8 Å². The summed E-state index contributed by atoms with van der Waals surface area (Å²) in [5.41, 5.74) is 0.0931. The fourth-order valence-corrected chi connectivity index (χ4v) is 2.90. The van der Waals surface area contributed by atoms with E-state index in [2.05, 4.69) is 10.1 Å². The van der Waals surface area contributed by atoms with Crippen molar-refractivity contribution in [3.05, 3.63) is 66.5 Å². The largest absolute Gasteiger partial charge is 0.284 e. The third-order valence-electron chi connectivity index (χ3n) is 2.94. The number of nitrogens with zero attached hydrogens (tertiary/aromatic N) is 3. The summed E-state index contributed by atoms with van der Waals surface area (Å²) in [4.78, 5) is 3.68. The predicted molar refractivity (Wildman–Crippen MR) is 74.4 cm³/mol. The summed E-state index contributed by atoms with van der Waals surface area (Å²) >= 11 is 0. The van der Waals surface area contributed by atoms with Gasteiger partial charge >= 0.3 is 0 Å². The number of benzene rings is 2. The molecule has 0 saturated carbocycles. The summed E-state index contributed by atoms with van der Waals surface area (Å²) in [5.74, 6) is -1.16. The molecule has 0 aliphatic heterocycles. The van der Waals surface area contributed by atoms with Crippen LogP contribution in [0.5, 0.6) is 0 Å². The molecule has 0 bridgehead atoms. The van der Waals surface area contributed by atoms with E-state index < -0.39 is 21.7 Å². The molecule has 8 heteroatoms. The SMILES string of the molecule is O=S(=O)(c1ccc(F)cc1)n1cnc(-c2ccccc2F)n1. The Bertz CT molecular complexity index is 921. The van der Waals surface area contributed by atoms with E-state index in [0.29, 0.717) is 4.09 Å². The Hall–Kier alpha value is -2.61. The quantitative estimate of drug-likeness (QED) is 0.743. The fourth-order valence-electron chi connectivity index (χ4n) is 1.85. The van der Waals surface area contributed by atoms with Crippen LogP contribution in [-0.2, 0) is 10.0 Å². The van der Waals surface area contributed by atoms with Crippen molar-refractivity contribution >= 4 is 10.0 Å². The Morgan fingerprint density at radius 2 is 1.64 bits per heavy atom. The molecule has 0 N–H and O–H groups in total. The highest BCUT2D eigenvalue weighted by atomic mass is 32.2. The van der Waals surface area contributed by atoms with Gasteiger partial charge in [-0.05, 0) is 36.4 Å². The van der Waals surface area contributed by atoms with Crippen LogP contribution in [0.15, 0.2) is 59.8 Å². The molecule has 3 aromatic rings. The fraction of sp³-hybridized carbons (Fsp3) is 0. The van der Waals surface area contributed by atoms with E-state index in [9.17, 15) is 17.2 Å². The maximum Gasteiger partial charge on any atom is 0.284 e. The lowest BCUT2D eigenvalue weighted by molar-refractivity contribution is 0.579. The van der Waals surface area contributed by atoms with E-state index >= 15 is 0 Å². The molecular formula is C14H9F2N3O2S. The van der Waals surface area contributed by atoms with Crippen LogP contribution in [0.25, 0.3) is 11.4 Å². The summed E-state index contributed by atoms with van der Waals surface area (Å²) < 4.78 is 51.8. The molecule has 0 fully saturated rings. The van der Waals surface area contributed by atoms with Gasteiger partial charge in [0, 0.05) is 0 Å². The first-order chi connectivity index (χ1) is 10.5. The molecule has 0 amide bonds. The van der Waals surface area contributed by atoms with Gasteiger partial charge in [-0.1, -0.05) is 12.1 Å². The minimum Gasteiger partial charge on any atom is -0.214 e. The zero-order chi connectivity index (χ0) is 15.7. The second-order valence-electron chi connectivity index (χ2n) is 4.38. The zero-order valence-electron chi connectivity index (χ0n) is 11.0. The monoisotopic (exact) mass is 321 g/mol. The number of hydrogen-bond acceptors (Lipinski definition) is 4. The van der Waals surface area contributed by atoms with Gasteiger partial charge in [-0.15, -0.1) is 9.19 Å². The van der Waals surface area contributed by atoms with Crippen molar-refractivity contribution in [2.75, 3.05) is 0 Å². The van der Waals surface area contributed by atoms with Crippen LogP contribution < -0.4 is 0 Å². The standard InChI is InChI=1S/C14H9F2N3O2S/c15-10-5-7-11(8-6-10)22(20,21)19-9-17-14(18-19)12-3-1-2-4-13(12)16/h1-9H. The molecule has 1 heterocycles. The first-order valence-electron chi connectivity index (χ1n) is 6.16. The van der Waals surface area contributed by atoms with E-state index in [0.717, 1.165) is 30.6 Å². The van der Waals surface area contributed by atoms with Crippen molar-refractivity contribution in [2.45, 2.75) is 4.90 Å². The molecule has 1 aromatic heterocycles. The number of rotatable bonds is 3. The first kappa shape index (κ1) is 14.3. The Balaban J connectivity index is 2.03. The van der Waals surface area contributed by atoms with Crippen molar-refractivity contribution in [3.63, 3.8) is 0 Å². The summed E-state index contributed by atoms with van der Waals surface area (Å²) in [7, 11) is -4.00. The summed E-state index contributed by atoms with van der Waals surface area (Å²) in [6.07, 6.45) is 0.973. The second-order valence-corrected chi connectivity index (χ2v) is 6.18. The minimum atomic E-state index is -4.00. The van der Waals surface area contributed by atoms with E-state index in [4.69, 9.17) is 0 Å². The highest BCUT2D eigenvalue weighted by molar-refractivity contribution is 7.89. The average Bonchev–Trinajstić information content (AvgIpc) is 2.98. The van der Waals surface area contributed by atoms with Crippen molar-refractivity contribution in [2.24, 2.45) is 0 Å². The summed E-state index contributed by atoms with van der Waals surface area (Å²) in [6, 6.07) is 10.1. The van der Waals surface area contributed by atoms with Crippen LogP contribution in [0.3, 0.4) is 0 Å². The second kappa shape index (κ2) is 5.30. The third kappa shape index (κ3) is 2.48. The molecule has 5 nitrogen and oxygen atoms in total. The van der Waals surface area contributed by atoms with E-state index in [1.807, 2.05) is 0 Å². The topological polar surface area (TPSA) is 64.8 Å². The Labute approximate surface area is 124 Å². The minimum absolute atomic E-state index is 0.0520. The highest BCUT2D eigenvalue weighted by Crippen LogP contribution is 2.20. The van der Waals surface area contributed by atoms with E-state index in [-0.39, 0.29) is 16.3 Å². The lowest BCUT2D eigenvalue weighted by Gasteiger charge is -2.03. The molecule has 0 aliphatic rings. The third-order valence-corrected chi connectivity index (χ3v) is 4.48. The summed E-state index contributed by atoms with van der Waals surface area (Å²) in [6.45, 7) is 0. The molecule has 2 aromatic carbocycles.